The van der Waals surface area contributed by atoms with Gasteiger partial charge in [0.2, 0.25) is 0 Å². The maximum Gasteiger partial charge on any atom is 0.153 e. The van der Waals surface area contributed by atoms with E-state index in [1.165, 1.54) is 31.4 Å². The Morgan fingerprint density at radius 2 is 1.84 bits per heavy atom. The van der Waals surface area contributed by atoms with Crippen molar-refractivity contribution in [2.24, 2.45) is 0 Å². The van der Waals surface area contributed by atoms with E-state index in [9.17, 15) is 0 Å². The summed E-state index contributed by atoms with van der Waals surface area (Å²) >= 11 is 3.47. The zero-order valence-corrected chi connectivity index (χ0v) is 12.6. The Hall–Kier alpha value is -1.29. The quantitative estimate of drug-likeness (QED) is 0.869. The fourth-order valence-electron chi connectivity index (χ4n) is 3.11. The number of anilines is 1. The number of hydrogen-bond acceptors (Lipinski definition) is 2. The van der Waals surface area contributed by atoms with E-state index in [0.717, 1.165) is 15.6 Å². The molecule has 3 N–H and O–H groups in total. The first-order valence-corrected chi connectivity index (χ1v) is 7.50. The lowest BCUT2D eigenvalue weighted by atomic mass is 9.81. The minimum absolute atomic E-state index is 0.188. The van der Waals surface area contributed by atoms with Crippen LogP contribution in [-0.4, -0.2) is 10.2 Å². The first kappa shape index (κ1) is 12.7. The summed E-state index contributed by atoms with van der Waals surface area (Å²) in [5.74, 6) is 0.602. The van der Waals surface area contributed by atoms with Gasteiger partial charge in [-0.25, -0.2) is 0 Å². The van der Waals surface area contributed by atoms with Crippen molar-refractivity contribution in [2.45, 2.75) is 38.0 Å². The van der Waals surface area contributed by atoms with Crippen LogP contribution in [0.25, 0.3) is 11.1 Å². The van der Waals surface area contributed by atoms with Crippen molar-refractivity contribution < 1.29 is 0 Å². The summed E-state index contributed by atoms with van der Waals surface area (Å²) in [5, 5.41) is 7.43. The molecular weight excluding hydrogens is 302 g/mol. The third kappa shape index (κ3) is 2.18. The fraction of sp³-hybridized carbons (Fsp3) is 0.400. The zero-order valence-electron chi connectivity index (χ0n) is 11.0. The van der Waals surface area contributed by atoms with Crippen molar-refractivity contribution in [3.05, 3.63) is 34.4 Å². The summed E-state index contributed by atoms with van der Waals surface area (Å²) in [5.41, 5.74) is 9.69. The van der Waals surface area contributed by atoms with Crippen LogP contribution in [0, 0.1) is 0 Å². The van der Waals surface area contributed by atoms with Gasteiger partial charge in [0.15, 0.2) is 5.82 Å². The fourth-order valence-corrected chi connectivity index (χ4v) is 3.37. The van der Waals surface area contributed by atoms with Crippen LogP contribution in [0.1, 0.15) is 38.3 Å². The van der Waals surface area contributed by atoms with Crippen molar-refractivity contribution in [2.75, 3.05) is 5.73 Å². The molecule has 1 fully saturated rings. The van der Waals surface area contributed by atoms with Crippen LogP contribution in [0.15, 0.2) is 28.7 Å². The van der Waals surface area contributed by atoms with Crippen molar-refractivity contribution >= 4 is 21.7 Å². The van der Waals surface area contributed by atoms with Gasteiger partial charge in [-0.3, -0.25) is 5.10 Å². The van der Waals surface area contributed by atoms with Gasteiger partial charge in [-0.2, -0.15) is 5.10 Å². The van der Waals surface area contributed by atoms with Gasteiger partial charge in [0, 0.05) is 15.5 Å². The highest BCUT2D eigenvalue weighted by Crippen LogP contribution is 2.45. The number of aromatic nitrogens is 2. The molecule has 0 unspecified atom stereocenters. The van der Waals surface area contributed by atoms with E-state index in [-0.39, 0.29) is 5.41 Å². The van der Waals surface area contributed by atoms with Gasteiger partial charge in [-0.1, -0.05) is 47.8 Å². The van der Waals surface area contributed by atoms with Crippen LogP contribution in [0.4, 0.5) is 5.82 Å². The third-order valence-electron chi connectivity index (χ3n) is 4.24. The summed E-state index contributed by atoms with van der Waals surface area (Å²) in [6, 6.07) is 8.27. The number of benzene rings is 1. The molecule has 1 saturated carbocycles. The second-order valence-corrected chi connectivity index (χ2v) is 6.55. The molecule has 2 aromatic rings. The lowest BCUT2D eigenvalue weighted by molar-refractivity contribution is 0.476. The normalized spacial score (nSPS) is 17.8. The van der Waals surface area contributed by atoms with E-state index in [4.69, 9.17) is 5.73 Å². The second kappa shape index (κ2) is 4.67. The maximum atomic E-state index is 6.08. The summed E-state index contributed by atoms with van der Waals surface area (Å²) in [4.78, 5) is 0. The van der Waals surface area contributed by atoms with E-state index in [2.05, 4.69) is 45.2 Å². The number of nitrogens with one attached hydrogen (secondary N) is 1. The molecule has 0 bridgehead atoms. The predicted molar refractivity (Wildman–Crippen MR) is 82.0 cm³/mol. The molecule has 3 rings (SSSR count). The van der Waals surface area contributed by atoms with E-state index < -0.39 is 0 Å². The number of rotatable bonds is 2. The number of halogens is 1. The molecule has 19 heavy (non-hydrogen) atoms. The molecule has 4 heteroatoms. The van der Waals surface area contributed by atoms with Crippen LogP contribution in [-0.2, 0) is 5.41 Å². The minimum Gasteiger partial charge on any atom is -0.382 e. The molecular formula is C15H18BrN3. The summed E-state index contributed by atoms with van der Waals surface area (Å²) < 4.78 is 1.08. The Morgan fingerprint density at radius 1 is 1.21 bits per heavy atom. The molecule has 1 aliphatic carbocycles. The largest absolute Gasteiger partial charge is 0.382 e. The maximum absolute atomic E-state index is 6.08. The van der Waals surface area contributed by atoms with Gasteiger partial charge < -0.3 is 5.73 Å². The van der Waals surface area contributed by atoms with Gasteiger partial charge in [-0.05, 0) is 30.5 Å². The first-order valence-electron chi connectivity index (χ1n) is 6.70. The molecule has 0 saturated heterocycles. The molecule has 0 radical (unpaired) electrons. The zero-order chi connectivity index (χ0) is 13.5. The van der Waals surface area contributed by atoms with Crippen LogP contribution in [0.5, 0.6) is 0 Å². The Labute approximate surface area is 121 Å². The number of nitrogens with two attached hydrogens (primary N) is 1. The Morgan fingerprint density at radius 3 is 2.47 bits per heavy atom. The highest BCUT2D eigenvalue weighted by molar-refractivity contribution is 9.10. The van der Waals surface area contributed by atoms with Crippen LogP contribution in [0.2, 0.25) is 0 Å². The van der Waals surface area contributed by atoms with Gasteiger partial charge in [-0.15, -0.1) is 0 Å². The van der Waals surface area contributed by atoms with Gasteiger partial charge in [0.05, 0.1) is 5.69 Å². The van der Waals surface area contributed by atoms with Gasteiger partial charge >= 0.3 is 0 Å². The average molecular weight is 320 g/mol. The van der Waals surface area contributed by atoms with Crippen molar-refractivity contribution in [1.82, 2.24) is 10.2 Å². The summed E-state index contributed by atoms with van der Waals surface area (Å²) in [6.07, 6.45) is 4.99. The van der Waals surface area contributed by atoms with Crippen molar-refractivity contribution in [3.8, 4) is 11.1 Å². The molecule has 1 heterocycles. The first-order chi connectivity index (χ1) is 9.10. The van der Waals surface area contributed by atoms with Crippen molar-refractivity contribution in [1.29, 1.82) is 0 Å². The lowest BCUT2D eigenvalue weighted by Gasteiger charge is -2.23. The molecule has 0 atom stereocenters. The average Bonchev–Trinajstić information content (AvgIpc) is 2.98. The highest BCUT2D eigenvalue weighted by atomic mass is 79.9. The van der Waals surface area contributed by atoms with Gasteiger partial charge in [0.25, 0.3) is 0 Å². The number of hydrogen-bond donors (Lipinski definition) is 2. The van der Waals surface area contributed by atoms with Crippen LogP contribution >= 0.6 is 15.9 Å². The molecule has 1 aromatic heterocycles. The number of nitrogen functional groups attached to an aromatic ring is 1. The molecule has 3 nitrogen and oxygen atoms in total. The summed E-state index contributed by atoms with van der Waals surface area (Å²) in [7, 11) is 0. The van der Waals surface area contributed by atoms with E-state index >= 15 is 0 Å². The topological polar surface area (TPSA) is 54.7 Å². The number of H-pyrrole nitrogens is 1. The van der Waals surface area contributed by atoms with Crippen LogP contribution in [0.3, 0.4) is 0 Å². The molecule has 100 valence electrons. The monoisotopic (exact) mass is 319 g/mol. The minimum atomic E-state index is 0.188. The Balaban J connectivity index is 2.11. The second-order valence-electron chi connectivity index (χ2n) is 5.63. The SMILES string of the molecule is CC1(c2[nH]nc(N)c2-c2ccc(Br)cc2)CCCC1. The smallest absolute Gasteiger partial charge is 0.153 e. The van der Waals surface area contributed by atoms with E-state index in [1.54, 1.807) is 0 Å². The Bertz CT molecular complexity index is 580. The molecule has 1 aromatic carbocycles. The standard InChI is InChI=1S/C15H18BrN3/c1-15(8-2-3-9-15)13-12(14(17)19-18-13)10-4-6-11(16)7-5-10/h4-7H,2-3,8-9H2,1H3,(H3,17,18,19). The summed E-state index contributed by atoms with van der Waals surface area (Å²) in [6.45, 7) is 2.31. The number of nitrogens with zero attached hydrogens (tertiary/aromatic N) is 1. The lowest BCUT2D eigenvalue weighted by Crippen LogP contribution is -2.18. The van der Waals surface area contributed by atoms with Gasteiger partial charge in [0.1, 0.15) is 0 Å². The molecule has 0 aliphatic heterocycles. The molecule has 1 aliphatic rings. The molecule has 0 spiro atoms. The van der Waals surface area contributed by atoms with E-state index in [0.29, 0.717) is 5.82 Å². The van der Waals surface area contributed by atoms with Crippen LogP contribution < -0.4 is 5.73 Å². The number of aromatic amines is 1. The third-order valence-corrected chi connectivity index (χ3v) is 4.77. The van der Waals surface area contributed by atoms with Crippen molar-refractivity contribution in [3.63, 3.8) is 0 Å². The Kier molecular flexibility index (Phi) is 3.13. The van der Waals surface area contributed by atoms with E-state index in [1.807, 2.05) is 12.1 Å². The highest BCUT2D eigenvalue weighted by Gasteiger charge is 2.35. The predicted octanol–water partition coefficient (Wildman–Crippen LogP) is 4.25. The molecule has 0 amide bonds.